The molecule has 0 radical (unpaired) electrons. The zero-order valence-corrected chi connectivity index (χ0v) is 14.8. The van der Waals surface area contributed by atoms with E-state index >= 15 is 0 Å². The quantitative estimate of drug-likeness (QED) is 0.539. The van der Waals surface area contributed by atoms with Crippen molar-refractivity contribution < 1.29 is 13.9 Å². The van der Waals surface area contributed by atoms with Crippen molar-refractivity contribution in [2.24, 2.45) is 0 Å². The van der Waals surface area contributed by atoms with Gasteiger partial charge in [0.25, 0.3) is 5.91 Å². The number of para-hydroxylation sites is 2. The molecule has 2 N–H and O–H groups in total. The Balaban J connectivity index is 1.71. The number of ether oxygens (including phenoxy) is 1. The first kappa shape index (κ1) is 16.8. The van der Waals surface area contributed by atoms with E-state index < -0.39 is 11.5 Å². The van der Waals surface area contributed by atoms with Gasteiger partial charge in [0.1, 0.15) is 11.3 Å². The lowest BCUT2D eigenvalue weighted by molar-refractivity contribution is 0.102. The Morgan fingerprint density at radius 1 is 1.19 bits per heavy atom. The molecule has 1 amide bonds. The smallest absolute Gasteiger partial charge is 0.337 e. The second kappa shape index (κ2) is 6.60. The average molecular weight is 363 g/mol. The molecule has 0 unspecified atom stereocenters. The minimum atomic E-state index is -0.612. The molecule has 0 spiro atoms. The molecular formula is C20H17N3O4. The number of H-pyrrole nitrogens is 1. The van der Waals surface area contributed by atoms with Gasteiger partial charge < -0.3 is 14.1 Å². The zero-order chi connectivity index (χ0) is 19.0. The van der Waals surface area contributed by atoms with Crippen molar-refractivity contribution in [1.29, 1.82) is 0 Å². The fourth-order valence-corrected chi connectivity index (χ4v) is 2.86. The Morgan fingerprint density at radius 2 is 2.00 bits per heavy atom. The Bertz CT molecular complexity index is 1170. The van der Waals surface area contributed by atoms with Crippen LogP contribution in [0.3, 0.4) is 0 Å². The Kier molecular flexibility index (Phi) is 4.12. The molecule has 2 heterocycles. The summed E-state index contributed by atoms with van der Waals surface area (Å²) in [6.45, 7) is 3.80. The number of amides is 1. The number of benzene rings is 2. The highest BCUT2D eigenvalue weighted by Crippen LogP contribution is 2.24. The summed E-state index contributed by atoms with van der Waals surface area (Å²) in [6, 6.07) is 13.6. The van der Waals surface area contributed by atoms with Crippen molar-refractivity contribution in [2.45, 2.75) is 20.0 Å². The summed E-state index contributed by atoms with van der Waals surface area (Å²) in [4.78, 5) is 32.0. The van der Waals surface area contributed by atoms with Crippen LogP contribution in [0.4, 0.5) is 5.95 Å². The van der Waals surface area contributed by atoms with Crippen LogP contribution in [0.2, 0.25) is 0 Å². The molecule has 136 valence electrons. The largest absolute Gasteiger partial charge is 0.491 e. The number of carbonyl (C=O) groups excluding carboxylic acids is 1. The SMILES string of the molecule is CC(C)Oc1ccc2c(C(=O)Nc3nc4ccccc4[nH]3)cc(=O)oc2c1. The van der Waals surface area contributed by atoms with Gasteiger partial charge in [-0.2, -0.15) is 0 Å². The number of carbonyl (C=O) groups is 1. The standard InChI is InChI=1S/C20H17N3O4/c1-11(2)26-12-7-8-13-14(10-18(24)27-17(13)9-12)19(25)23-20-21-15-5-3-4-6-16(15)22-20/h3-11H,1-2H3,(H2,21,22,23,25). The molecule has 0 saturated heterocycles. The van der Waals surface area contributed by atoms with Crippen molar-refractivity contribution in [2.75, 3.05) is 5.32 Å². The second-order valence-corrected chi connectivity index (χ2v) is 6.36. The molecule has 4 rings (SSSR count). The van der Waals surface area contributed by atoms with Gasteiger partial charge in [0.2, 0.25) is 5.95 Å². The molecule has 0 aliphatic rings. The normalized spacial score (nSPS) is 11.2. The molecule has 27 heavy (non-hydrogen) atoms. The molecule has 0 atom stereocenters. The predicted molar refractivity (Wildman–Crippen MR) is 102 cm³/mol. The van der Waals surface area contributed by atoms with E-state index in [2.05, 4.69) is 15.3 Å². The van der Waals surface area contributed by atoms with Crippen LogP contribution in [-0.2, 0) is 0 Å². The van der Waals surface area contributed by atoms with Crippen LogP contribution in [0.1, 0.15) is 24.2 Å². The highest BCUT2D eigenvalue weighted by molar-refractivity contribution is 6.11. The maximum Gasteiger partial charge on any atom is 0.337 e. The zero-order valence-electron chi connectivity index (χ0n) is 14.8. The van der Waals surface area contributed by atoms with E-state index in [-0.39, 0.29) is 17.3 Å². The maximum atomic E-state index is 12.7. The van der Waals surface area contributed by atoms with E-state index in [1.54, 1.807) is 18.2 Å². The topological polar surface area (TPSA) is 97.2 Å². The van der Waals surface area contributed by atoms with Crippen LogP contribution >= 0.6 is 0 Å². The van der Waals surface area contributed by atoms with Crippen LogP contribution in [0, 0.1) is 0 Å². The summed E-state index contributed by atoms with van der Waals surface area (Å²) in [5.41, 5.74) is 1.42. The number of imidazole rings is 1. The molecule has 0 aliphatic heterocycles. The van der Waals surface area contributed by atoms with E-state index in [1.807, 2.05) is 38.1 Å². The number of aromatic amines is 1. The van der Waals surface area contributed by atoms with Gasteiger partial charge in [-0.15, -0.1) is 0 Å². The highest BCUT2D eigenvalue weighted by Gasteiger charge is 2.16. The molecule has 7 nitrogen and oxygen atoms in total. The molecule has 0 fully saturated rings. The summed E-state index contributed by atoms with van der Waals surface area (Å²) < 4.78 is 10.8. The second-order valence-electron chi connectivity index (χ2n) is 6.36. The van der Waals surface area contributed by atoms with Gasteiger partial charge in [-0.25, -0.2) is 9.78 Å². The molecule has 0 aliphatic carbocycles. The molecular weight excluding hydrogens is 346 g/mol. The fourth-order valence-electron chi connectivity index (χ4n) is 2.86. The minimum Gasteiger partial charge on any atom is -0.491 e. The molecule has 7 heteroatoms. The Labute approximate surface area is 154 Å². The van der Waals surface area contributed by atoms with Crippen LogP contribution in [0.15, 0.2) is 57.7 Å². The van der Waals surface area contributed by atoms with Gasteiger partial charge in [-0.1, -0.05) is 12.1 Å². The van der Waals surface area contributed by atoms with Gasteiger partial charge in [0, 0.05) is 17.5 Å². The monoisotopic (exact) mass is 363 g/mol. The third-order valence-corrected chi connectivity index (χ3v) is 3.95. The first-order valence-corrected chi connectivity index (χ1v) is 8.50. The van der Waals surface area contributed by atoms with E-state index in [9.17, 15) is 9.59 Å². The third kappa shape index (κ3) is 3.39. The van der Waals surface area contributed by atoms with Gasteiger partial charge in [-0.3, -0.25) is 10.1 Å². The number of hydrogen-bond donors (Lipinski definition) is 2. The van der Waals surface area contributed by atoms with Crippen molar-refractivity contribution in [3.8, 4) is 5.75 Å². The van der Waals surface area contributed by atoms with Crippen molar-refractivity contribution in [3.05, 3.63) is 64.5 Å². The van der Waals surface area contributed by atoms with E-state index in [1.165, 1.54) is 6.07 Å². The first-order chi connectivity index (χ1) is 13.0. The van der Waals surface area contributed by atoms with E-state index in [0.717, 1.165) is 11.0 Å². The van der Waals surface area contributed by atoms with Gasteiger partial charge in [0.15, 0.2) is 0 Å². The number of aromatic nitrogens is 2. The molecule has 2 aromatic carbocycles. The number of rotatable bonds is 4. The third-order valence-electron chi connectivity index (χ3n) is 3.95. The maximum absolute atomic E-state index is 12.7. The van der Waals surface area contributed by atoms with Gasteiger partial charge in [0.05, 0.1) is 22.7 Å². The van der Waals surface area contributed by atoms with Crippen LogP contribution < -0.4 is 15.7 Å². The summed E-state index contributed by atoms with van der Waals surface area (Å²) in [7, 11) is 0. The van der Waals surface area contributed by atoms with E-state index in [4.69, 9.17) is 9.15 Å². The molecule has 2 aromatic heterocycles. The number of anilines is 1. The van der Waals surface area contributed by atoms with Crippen LogP contribution in [0.25, 0.3) is 22.0 Å². The van der Waals surface area contributed by atoms with Crippen LogP contribution in [-0.4, -0.2) is 22.0 Å². The van der Waals surface area contributed by atoms with Crippen molar-refractivity contribution in [1.82, 2.24) is 9.97 Å². The number of nitrogens with one attached hydrogen (secondary N) is 2. The van der Waals surface area contributed by atoms with Gasteiger partial charge in [-0.05, 0) is 38.1 Å². The summed E-state index contributed by atoms with van der Waals surface area (Å²) in [6.07, 6.45) is -0.0197. The highest BCUT2D eigenvalue weighted by atomic mass is 16.5. The summed E-state index contributed by atoms with van der Waals surface area (Å²) in [5, 5.41) is 3.21. The lowest BCUT2D eigenvalue weighted by Crippen LogP contribution is -2.16. The average Bonchev–Trinajstić information content (AvgIpc) is 3.02. The Hall–Kier alpha value is -3.61. The summed E-state index contributed by atoms with van der Waals surface area (Å²) >= 11 is 0. The fraction of sp³-hybridized carbons (Fsp3) is 0.150. The van der Waals surface area contributed by atoms with Crippen LogP contribution in [0.5, 0.6) is 5.75 Å². The van der Waals surface area contributed by atoms with Crippen molar-refractivity contribution in [3.63, 3.8) is 0 Å². The first-order valence-electron chi connectivity index (χ1n) is 8.50. The number of hydrogen-bond acceptors (Lipinski definition) is 5. The molecule has 4 aromatic rings. The van der Waals surface area contributed by atoms with E-state index in [0.29, 0.717) is 17.1 Å². The number of fused-ring (bicyclic) bond motifs is 2. The molecule has 0 bridgehead atoms. The lowest BCUT2D eigenvalue weighted by Gasteiger charge is -2.11. The molecule has 0 saturated carbocycles. The Morgan fingerprint density at radius 3 is 2.78 bits per heavy atom. The predicted octanol–water partition coefficient (Wildman–Crippen LogP) is 3.71. The lowest BCUT2D eigenvalue weighted by atomic mass is 10.1. The van der Waals surface area contributed by atoms with Crippen molar-refractivity contribution >= 4 is 33.9 Å². The summed E-state index contributed by atoms with van der Waals surface area (Å²) in [5.74, 6) is 0.419. The number of nitrogens with zero attached hydrogens (tertiary/aromatic N) is 1. The van der Waals surface area contributed by atoms with Gasteiger partial charge >= 0.3 is 5.63 Å². The minimum absolute atomic E-state index is 0.0197.